The average Bonchev–Trinajstić information content (AvgIpc) is 3.08. The fraction of sp³-hybridized carbons (Fsp3) is 0.462. The van der Waals surface area contributed by atoms with E-state index >= 15 is 0 Å². The molecular weight excluding hydrogens is 252 g/mol. The first-order valence-corrected chi connectivity index (χ1v) is 6.43. The first-order chi connectivity index (χ1) is 8.63. The summed E-state index contributed by atoms with van der Waals surface area (Å²) in [6.45, 7) is 0.789. The molecule has 1 aliphatic carbocycles. The maximum Gasteiger partial charge on any atom is 0.319 e. The fourth-order valence-electron chi connectivity index (χ4n) is 1.94. The Balaban J connectivity index is 1.79. The van der Waals surface area contributed by atoms with Gasteiger partial charge in [-0.1, -0.05) is 17.7 Å². The Bertz CT molecular complexity index is 433. The lowest BCUT2D eigenvalue weighted by molar-refractivity contribution is 0.234. The minimum atomic E-state index is -0.235. The number of hydrogen-bond donors (Lipinski definition) is 3. The summed E-state index contributed by atoms with van der Waals surface area (Å²) >= 11 is 5.83. The molecule has 0 spiro atoms. The van der Waals surface area contributed by atoms with Gasteiger partial charge in [-0.15, -0.1) is 0 Å². The number of benzene rings is 1. The number of hydrogen-bond acceptors (Lipinski definition) is 2. The van der Waals surface area contributed by atoms with Gasteiger partial charge in [0.2, 0.25) is 0 Å². The van der Waals surface area contributed by atoms with E-state index < -0.39 is 0 Å². The lowest BCUT2D eigenvalue weighted by Gasteiger charge is -2.15. The van der Waals surface area contributed by atoms with E-state index in [2.05, 4.69) is 10.6 Å². The summed E-state index contributed by atoms with van der Waals surface area (Å²) in [4.78, 5) is 11.7. The largest absolute Gasteiger partial charge is 0.396 e. The highest BCUT2D eigenvalue weighted by atomic mass is 35.5. The van der Waals surface area contributed by atoms with Crippen molar-refractivity contribution in [3.63, 3.8) is 0 Å². The zero-order valence-corrected chi connectivity index (χ0v) is 10.8. The second kappa shape index (κ2) is 5.59. The van der Waals surface area contributed by atoms with Crippen molar-refractivity contribution in [1.29, 1.82) is 0 Å². The number of carbonyl (C=O) groups is 1. The molecule has 0 bridgehead atoms. The van der Waals surface area contributed by atoms with Crippen molar-refractivity contribution in [2.75, 3.05) is 18.5 Å². The Kier molecular flexibility index (Phi) is 4.09. The van der Waals surface area contributed by atoms with Crippen molar-refractivity contribution in [3.8, 4) is 0 Å². The summed E-state index contributed by atoms with van der Waals surface area (Å²) in [5, 5.41) is 15.1. The smallest absolute Gasteiger partial charge is 0.319 e. The van der Waals surface area contributed by atoms with Crippen LogP contribution in [0, 0.1) is 5.41 Å². The summed E-state index contributed by atoms with van der Waals surface area (Å²) in [6.07, 6.45) is 2.90. The molecule has 1 fully saturated rings. The molecular formula is C13H17ClN2O2. The van der Waals surface area contributed by atoms with Gasteiger partial charge >= 0.3 is 6.03 Å². The van der Waals surface area contributed by atoms with Gasteiger partial charge in [-0.05, 0) is 42.9 Å². The van der Waals surface area contributed by atoms with Crippen molar-refractivity contribution in [1.82, 2.24) is 5.32 Å². The molecule has 0 saturated heterocycles. The molecule has 0 heterocycles. The Morgan fingerprint density at radius 2 is 2.22 bits per heavy atom. The van der Waals surface area contributed by atoms with Crippen molar-refractivity contribution in [3.05, 3.63) is 29.3 Å². The molecule has 1 saturated carbocycles. The van der Waals surface area contributed by atoms with E-state index in [0.29, 0.717) is 17.3 Å². The second-order valence-corrected chi connectivity index (χ2v) is 5.23. The van der Waals surface area contributed by atoms with Gasteiger partial charge in [-0.2, -0.15) is 0 Å². The predicted octanol–water partition coefficient (Wildman–Crippen LogP) is 2.62. The van der Waals surface area contributed by atoms with Crippen molar-refractivity contribution in [2.45, 2.75) is 19.3 Å². The molecule has 1 aliphatic rings. The number of urea groups is 1. The van der Waals surface area contributed by atoms with Gasteiger partial charge in [0.05, 0.1) is 0 Å². The molecule has 0 aliphatic heterocycles. The molecule has 18 heavy (non-hydrogen) atoms. The van der Waals surface area contributed by atoms with Gasteiger partial charge < -0.3 is 15.7 Å². The van der Waals surface area contributed by atoms with Crippen LogP contribution in [0.5, 0.6) is 0 Å². The Hall–Kier alpha value is -1.26. The molecule has 3 N–H and O–H groups in total. The fourth-order valence-corrected chi connectivity index (χ4v) is 2.13. The third-order valence-electron chi connectivity index (χ3n) is 3.31. The zero-order chi connectivity index (χ0) is 13.0. The highest BCUT2D eigenvalue weighted by Crippen LogP contribution is 2.47. The maximum atomic E-state index is 11.7. The lowest BCUT2D eigenvalue weighted by atomic mass is 10.0. The molecule has 1 aromatic rings. The summed E-state index contributed by atoms with van der Waals surface area (Å²) in [5.74, 6) is 0. The van der Waals surface area contributed by atoms with E-state index in [0.717, 1.165) is 19.3 Å². The van der Waals surface area contributed by atoms with E-state index in [-0.39, 0.29) is 18.1 Å². The predicted molar refractivity (Wildman–Crippen MR) is 71.8 cm³/mol. The number of anilines is 1. The van der Waals surface area contributed by atoms with Gasteiger partial charge in [0.15, 0.2) is 0 Å². The number of nitrogens with one attached hydrogen (secondary N) is 2. The molecule has 0 atom stereocenters. The Morgan fingerprint density at radius 3 is 2.83 bits per heavy atom. The zero-order valence-electron chi connectivity index (χ0n) is 10.1. The number of rotatable bonds is 5. The second-order valence-electron chi connectivity index (χ2n) is 4.79. The Labute approximate surface area is 111 Å². The third kappa shape index (κ3) is 3.62. The lowest BCUT2D eigenvalue weighted by Crippen LogP contribution is -2.34. The third-order valence-corrected chi connectivity index (χ3v) is 3.54. The van der Waals surface area contributed by atoms with Crippen LogP contribution >= 0.6 is 11.6 Å². The standard InChI is InChI=1S/C13H17ClN2O2/c14-10-2-1-3-11(8-10)16-12(18)15-9-13(4-5-13)6-7-17/h1-3,8,17H,4-7,9H2,(H2,15,16,18). The van der Waals surface area contributed by atoms with Crippen LogP contribution in [0.25, 0.3) is 0 Å². The minimum absolute atomic E-state index is 0.125. The van der Waals surface area contributed by atoms with Crippen LogP contribution in [0.1, 0.15) is 19.3 Å². The highest BCUT2D eigenvalue weighted by molar-refractivity contribution is 6.30. The first kappa shape index (κ1) is 13.2. The van der Waals surface area contributed by atoms with Gasteiger partial charge in [-0.3, -0.25) is 0 Å². The highest BCUT2D eigenvalue weighted by Gasteiger charge is 2.41. The molecule has 2 amide bonds. The van der Waals surface area contributed by atoms with Gasteiger partial charge in [0.1, 0.15) is 0 Å². The molecule has 98 valence electrons. The number of aliphatic hydroxyl groups is 1. The van der Waals surface area contributed by atoms with E-state index in [1.54, 1.807) is 24.3 Å². The van der Waals surface area contributed by atoms with E-state index in [4.69, 9.17) is 16.7 Å². The van der Waals surface area contributed by atoms with Crippen molar-refractivity contribution in [2.24, 2.45) is 5.41 Å². The van der Waals surface area contributed by atoms with Crippen LogP contribution in [-0.4, -0.2) is 24.3 Å². The SMILES string of the molecule is O=C(NCC1(CCO)CC1)Nc1cccc(Cl)c1. The normalized spacial score (nSPS) is 16.1. The average molecular weight is 269 g/mol. The molecule has 0 aromatic heterocycles. The maximum absolute atomic E-state index is 11.7. The topological polar surface area (TPSA) is 61.4 Å². The first-order valence-electron chi connectivity index (χ1n) is 6.05. The number of carbonyl (C=O) groups excluding carboxylic acids is 1. The molecule has 5 heteroatoms. The molecule has 1 aromatic carbocycles. The summed E-state index contributed by atoms with van der Waals surface area (Å²) < 4.78 is 0. The van der Waals surface area contributed by atoms with Gasteiger partial charge in [0.25, 0.3) is 0 Å². The summed E-state index contributed by atoms with van der Waals surface area (Å²) in [5.41, 5.74) is 0.799. The van der Waals surface area contributed by atoms with Crippen LogP contribution < -0.4 is 10.6 Å². The molecule has 0 radical (unpaired) electrons. The van der Waals surface area contributed by atoms with E-state index in [1.807, 2.05) is 0 Å². The molecule has 2 rings (SSSR count). The van der Waals surface area contributed by atoms with Gasteiger partial charge in [-0.25, -0.2) is 4.79 Å². The van der Waals surface area contributed by atoms with Gasteiger partial charge in [0, 0.05) is 23.9 Å². The van der Waals surface area contributed by atoms with Crippen LogP contribution in [0.4, 0.5) is 10.5 Å². The molecule has 0 unspecified atom stereocenters. The van der Waals surface area contributed by atoms with Crippen LogP contribution in [0.2, 0.25) is 5.02 Å². The summed E-state index contributed by atoms with van der Waals surface area (Å²) in [6, 6.07) is 6.78. The van der Waals surface area contributed by atoms with E-state index in [1.165, 1.54) is 0 Å². The quantitative estimate of drug-likeness (QED) is 0.769. The molecule has 4 nitrogen and oxygen atoms in total. The van der Waals surface area contributed by atoms with Crippen molar-refractivity contribution < 1.29 is 9.90 Å². The van der Waals surface area contributed by atoms with Crippen LogP contribution in [0.15, 0.2) is 24.3 Å². The summed E-state index contributed by atoms with van der Waals surface area (Å²) in [7, 11) is 0. The number of halogens is 1. The van der Waals surface area contributed by atoms with E-state index in [9.17, 15) is 4.79 Å². The number of amides is 2. The monoisotopic (exact) mass is 268 g/mol. The minimum Gasteiger partial charge on any atom is -0.396 e. The van der Waals surface area contributed by atoms with Crippen molar-refractivity contribution >= 4 is 23.3 Å². The number of aliphatic hydroxyl groups excluding tert-OH is 1. The Morgan fingerprint density at radius 1 is 1.44 bits per heavy atom. The van der Waals surface area contributed by atoms with Crippen LogP contribution in [-0.2, 0) is 0 Å². The van der Waals surface area contributed by atoms with Crippen LogP contribution in [0.3, 0.4) is 0 Å².